The highest BCUT2D eigenvalue weighted by Gasteiger charge is 2.19. The molecule has 0 spiro atoms. The second-order valence-electron chi connectivity index (χ2n) is 6.93. The fraction of sp³-hybridized carbons (Fsp3) is 0.174. The molecular formula is C23H20ClFN4O2. The summed E-state index contributed by atoms with van der Waals surface area (Å²) in [7, 11) is 0. The summed E-state index contributed by atoms with van der Waals surface area (Å²) in [6.07, 6.45) is 5.68. The van der Waals surface area contributed by atoms with Gasteiger partial charge >= 0.3 is 0 Å². The first-order chi connectivity index (χ1) is 15.1. The monoisotopic (exact) mass is 438 g/mol. The maximum Gasteiger partial charge on any atom is 0.229 e. The lowest BCUT2D eigenvalue weighted by molar-refractivity contribution is -0.104. The van der Waals surface area contributed by atoms with Crippen molar-refractivity contribution in [3.63, 3.8) is 0 Å². The van der Waals surface area contributed by atoms with Gasteiger partial charge in [-0.25, -0.2) is 9.37 Å². The minimum Gasteiger partial charge on any atom is -0.378 e. The number of ether oxygens (including phenoxy) is 1. The van der Waals surface area contributed by atoms with Gasteiger partial charge in [-0.15, -0.1) is 0 Å². The topological polar surface area (TPSA) is 67.4 Å². The van der Waals surface area contributed by atoms with E-state index < -0.39 is 5.82 Å². The second kappa shape index (κ2) is 9.68. The zero-order chi connectivity index (χ0) is 21.6. The first kappa shape index (κ1) is 21.0. The third-order valence-electron chi connectivity index (χ3n) is 4.76. The summed E-state index contributed by atoms with van der Waals surface area (Å²) >= 11 is 5.96. The summed E-state index contributed by atoms with van der Waals surface area (Å²) in [6.45, 7) is 2.60. The summed E-state index contributed by atoms with van der Waals surface area (Å²) < 4.78 is 19.2. The molecule has 0 saturated carbocycles. The van der Waals surface area contributed by atoms with Crippen molar-refractivity contribution in [1.82, 2.24) is 9.97 Å². The maximum atomic E-state index is 13.7. The Morgan fingerprint density at radius 1 is 1.16 bits per heavy atom. The molecule has 158 valence electrons. The van der Waals surface area contributed by atoms with Crippen LogP contribution in [0.2, 0.25) is 5.02 Å². The van der Waals surface area contributed by atoms with Gasteiger partial charge in [-0.3, -0.25) is 4.79 Å². The summed E-state index contributed by atoms with van der Waals surface area (Å²) in [5.74, 6) is 0.643. The molecule has 3 aromatic rings. The van der Waals surface area contributed by atoms with E-state index in [1.807, 2.05) is 24.3 Å². The van der Waals surface area contributed by atoms with Gasteiger partial charge in [0.15, 0.2) is 0 Å². The molecule has 0 aliphatic carbocycles. The van der Waals surface area contributed by atoms with E-state index in [-0.39, 0.29) is 5.02 Å². The molecular weight excluding hydrogens is 419 g/mol. The molecule has 1 N–H and O–H groups in total. The molecule has 6 nitrogen and oxygen atoms in total. The van der Waals surface area contributed by atoms with E-state index in [0.717, 1.165) is 28.8 Å². The number of rotatable bonds is 6. The third kappa shape index (κ3) is 5.25. The molecule has 1 aromatic heterocycles. The van der Waals surface area contributed by atoms with Crippen LogP contribution in [0.3, 0.4) is 0 Å². The highest BCUT2D eigenvalue weighted by atomic mass is 35.5. The Morgan fingerprint density at radius 3 is 2.77 bits per heavy atom. The number of hydrogen-bond donors (Lipinski definition) is 1. The number of allylic oxidation sites excluding steroid dienone is 1. The number of carbonyl (C=O) groups is 1. The van der Waals surface area contributed by atoms with Gasteiger partial charge in [-0.2, -0.15) is 4.98 Å². The van der Waals surface area contributed by atoms with Crippen molar-refractivity contribution in [3.8, 4) is 11.1 Å². The molecule has 1 fully saturated rings. The second-order valence-corrected chi connectivity index (χ2v) is 7.37. The molecule has 31 heavy (non-hydrogen) atoms. The van der Waals surface area contributed by atoms with Gasteiger partial charge in [0.1, 0.15) is 17.9 Å². The lowest BCUT2D eigenvalue weighted by atomic mass is 10.0. The largest absolute Gasteiger partial charge is 0.378 e. The van der Waals surface area contributed by atoms with Gasteiger partial charge in [0.2, 0.25) is 5.95 Å². The molecule has 0 bridgehead atoms. The average Bonchev–Trinajstić information content (AvgIpc) is 2.78. The summed E-state index contributed by atoms with van der Waals surface area (Å²) in [4.78, 5) is 22.0. The third-order valence-corrected chi connectivity index (χ3v) is 4.98. The number of halogens is 2. The van der Waals surface area contributed by atoms with E-state index in [2.05, 4.69) is 15.2 Å². The van der Waals surface area contributed by atoms with Crippen LogP contribution in [-0.4, -0.2) is 42.6 Å². The zero-order valence-electron chi connectivity index (χ0n) is 16.6. The van der Waals surface area contributed by atoms with Crippen molar-refractivity contribution in [2.75, 3.05) is 36.5 Å². The van der Waals surface area contributed by atoms with Crippen molar-refractivity contribution >= 4 is 41.4 Å². The van der Waals surface area contributed by atoms with Gasteiger partial charge in [-0.05, 0) is 41.5 Å². The molecule has 0 amide bonds. The SMILES string of the molecule is O=C/C=C/c1cccc(-c2cnc(Nc3cc(F)cc(Cl)c3)nc2N2CCOCC2)c1. The van der Waals surface area contributed by atoms with E-state index >= 15 is 0 Å². The first-order valence-corrected chi connectivity index (χ1v) is 10.2. The maximum absolute atomic E-state index is 13.7. The number of nitrogens with zero attached hydrogens (tertiary/aromatic N) is 3. The summed E-state index contributed by atoms with van der Waals surface area (Å²) in [6, 6.07) is 12.0. The van der Waals surface area contributed by atoms with E-state index in [1.54, 1.807) is 18.3 Å². The van der Waals surface area contributed by atoms with Gasteiger partial charge < -0.3 is 15.0 Å². The van der Waals surface area contributed by atoms with Crippen LogP contribution in [0.1, 0.15) is 5.56 Å². The Kier molecular flexibility index (Phi) is 6.54. The van der Waals surface area contributed by atoms with E-state index in [9.17, 15) is 9.18 Å². The first-order valence-electron chi connectivity index (χ1n) is 9.77. The predicted molar refractivity (Wildman–Crippen MR) is 120 cm³/mol. The summed E-state index contributed by atoms with van der Waals surface area (Å²) in [5.41, 5.74) is 3.14. The highest BCUT2D eigenvalue weighted by molar-refractivity contribution is 6.30. The van der Waals surface area contributed by atoms with Crippen molar-refractivity contribution in [3.05, 3.63) is 71.1 Å². The van der Waals surface area contributed by atoms with Crippen molar-refractivity contribution in [2.24, 2.45) is 0 Å². The number of nitrogens with one attached hydrogen (secondary N) is 1. The number of carbonyl (C=O) groups excluding carboxylic acids is 1. The Morgan fingerprint density at radius 2 is 2.00 bits per heavy atom. The fourth-order valence-electron chi connectivity index (χ4n) is 3.37. The highest BCUT2D eigenvalue weighted by Crippen LogP contribution is 2.32. The van der Waals surface area contributed by atoms with Gasteiger partial charge in [0, 0.05) is 35.6 Å². The van der Waals surface area contributed by atoms with Crippen molar-refractivity contribution in [2.45, 2.75) is 0 Å². The predicted octanol–water partition coefficient (Wildman–Crippen LogP) is 4.73. The van der Waals surface area contributed by atoms with Crippen LogP contribution in [0, 0.1) is 5.82 Å². The van der Waals surface area contributed by atoms with E-state index in [1.165, 1.54) is 18.2 Å². The zero-order valence-corrected chi connectivity index (χ0v) is 17.3. The molecule has 1 aliphatic heterocycles. The van der Waals surface area contributed by atoms with Gasteiger partial charge in [0.05, 0.1) is 13.2 Å². The van der Waals surface area contributed by atoms with Crippen LogP contribution < -0.4 is 10.2 Å². The number of anilines is 3. The van der Waals surface area contributed by atoms with E-state index in [0.29, 0.717) is 37.9 Å². The van der Waals surface area contributed by atoms with Gasteiger partial charge in [-0.1, -0.05) is 35.9 Å². The van der Waals surface area contributed by atoms with Crippen LogP contribution in [0.5, 0.6) is 0 Å². The van der Waals surface area contributed by atoms with Crippen LogP contribution >= 0.6 is 11.6 Å². The molecule has 4 rings (SSSR count). The van der Waals surface area contributed by atoms with Crippen LogP contribution in [0.25, 0.3) is 17.2 Å². The number of aldehydes is 1. The number of morpholine rings is 1. The van der Waals surface area contributed by atoms with Crippen molar-refractivity contribution < 1.29 is 13.9 Å². The standard InChI is InChI=1S/C23H20ClFN4O2/c24-18-12-19(25)14-20(13-18)27-23-26-15-21(22(28-23)29-6-9-31-10-7-29)17-5-1-3-16(11-17)4-2-8-30/h1-5,8,11-15H,6-7,9-10H2,(H,26,27,28)/b4-2+. The lowest BCUT2D eigenvalue weighted by Gasteiger charge is -2.29. The normalized spacial score (nSPS) is 14.1. The summed E-state index contributed by atoms with van der Waals surface area (Å²) in [5, 5.41) is 3.31. The van der Waals surface area contributed by atoms with Crippen LogP contribution in [-0.2, 0) is 9.53 Å². The number of hydrogen-bond acceptors (Lipinski definition) is 6. The van der Waals surface area contributed by atoms with E-state index in [4.69, 9.17) is 21.3 Å². The average molecular weight is 439 g/mol. The molecule has 0 unspecified atom stereocenters. The Balaban J connectivity index is 1.73. The molecule has 1 saturated heterocycles. The fourth-order valence-corrected chi connectivity index (χ4v) is 3.59. The minimum absolute atomic E-state index is 0.285. The Bertz CT molecular complexity index is 1100. The minimum atomic E-state index is -0.444. The molecule has 1 aliphatic rings. The quantitative estimate of drug-likeness (QED) is 0.443. The molecule has 2 heterocycles. The molecule has 0 radical (unpaired) electrons. The van der Waals surface area contributed by atoms with Crippen LogP contribution in [0.4, 0.5) is 21.8 Å². The van der Waals surface area contributed by atoms with Crippen molar-refractivity contribution in [1.29, 1.82) is 0 Å². The Labute approximate surface area is 184 Å². The number of benzene rings is 2. The lowest BCUT2D eigenvalue weighted by Crippen LogP contribution is -2.37. The molecule has 8 heteroatoms. The smallest absolute Gasteiger partial charge is 0.229 e. The van der Waals surface area contributed by atoms with Crippen LogP contribution in [0.15, 0.2) is 54.7 Å². The Hall–Kier alpha value is -3.29. The molecule has 2 aromatic carbocycles. The number of aromatic nitrogens is 2. The van der Waals surface area contributed by atoms with Gasteiger partial charge in [0.25, 0.3) is 0 Å². The molecule has 0 atom stereocenters.